The summed E-state index contributed by atoms with van der Waals surface area (Å²) in [7, 11) is 0. The van der Waals surface area contributed by atoms with E-state index in [2.05, 4.69) is 28.1 Å². The van der Waals surface area contributed by atoms with E-state index in [1.54, 1.807) is 0 Å². The van der Waals surface area contributed by atoms with Crippen LogP contribution in [0.4, 0.5) is 0 Å². The second-order valence-electron chi connectivity index (χ2n) is 2.59. The van der Waals surface area contributed by atoms with Gasteiger partial charge in [0.2, 0.25) is 0 Å². The molecule has 52 valence electrons. The molecule has 0 nitrogen and oxygen atoms in total. The first-order chi connectivity index (χ1) is 4.39. The summed E-state index contributed by atoms with van der Waals surface area (Å²) in [5, 5.41) is 0. The van der Waals surface area contributed by atoms with Crippen molar-refractivity contribution in [3.05, 3.63) is 12.2 Å². The molecule has 0 aromatic heterocycles. The van der Waals surface area contributed by atoms with Gasteiger partial charge in [0.15, 0.2) is 0 Å². The first kappa shape index (κ1) is 7.33. The van der Waals surface area contributed by atoms with E-state index >= 15 is 0 Å². The molecule has 1 atom stereocenters. The molecule has 1 heteroatoms. The molecular formula is C8H13Br. The normalized spacial score (nSPS) is 32.8. The SMILES string of the molecule is BrC1C/C=C\CCCC1. The molecule has 0 fully saturated rings. The Morgan fingerprint density at radius 3 is 3.00 bits per heavy atom. The summed E-state index contributed by atoms with van der Waals surface area (Å²) >= 11 is 3.62. The van der Waals surface area contributed by atoms with Crippen LogP contribution in [0.2, 0.25) is 0 Å². The molecule has 1 unspecified atom stereocenters. The smallest absolute Gasteiger partial charge is 0.0180 e. The van der Waals surface area contributed by atoms with E-state index in [9.17, 15) is 0 Å². The third-order valence-electron chi connectivity index (χ3n) is 1.70. The number of hydrogen-bond donors (Lipinski definition) is 0. The van der Waals surface area contributed by atoms with E-state index in [1.165, 1.54) is 32.1 Å². The van der Waals surface area contributed by atoms with E-state index in [4.69, 9.17) is 0 Å². The van der Waals surface area contributed by atoms with Gasteiger partial charge in [0, 0.05) is 4.83 Å². The Hall–Kier alpha value is 0.220. The van der Waals surface area contributed by atoms with Crippen LogP contribution in [-0.2, 0) is 0 Å². The van der Waals surface area contributed by atoms with E-state index in [-0.39, 0.29) is 0 Å². The fourth-order valence-corrected chi connectivity index (χ4v) is 1.65. The highest BCUT2D eigenvalue weighted by Gasteiger charge is 2.02. The third-order valence-corrected chi connectivity index (χ3v) is 2.53. The first-order valence-corrected chi connectivity index (χ1v) is 4.60. The largest absolute Gasteiger partial charge is 0.0887 e. The lowest BCUT2D eigenvalue weighted by atomic mass is 10.1. The van der Waals surface area contributed by atoms with Crippen LogP contribution in [0.25, 0.3) is 0 Å². The minimum atomic E-state index is 0.744. The maximum atomic E-state index is 3.62. The molecule has 0 saturated heterocycles. The van der Waals surface area contributed by atoms with Crippen molar-refractivity contribution in [1.29, 1.82) is 0 Å². The summed E-state index contributed by atoms with van der Waals surface area (Å²) in [6.45, 7) is 0. The van der Waals surface area contributed by atoms with Crippen LogP contribution >= 0.6 is 15.9 Å². The molecule has 1 aliphatic rings. The second-order valence-corrected chi connectivity index (χ2v) is 3.88. The fraction of sp³-hybridized carbons (Fsp3) is 0.750. The summed E-state index contributed by atoms with van der Waals surface area (Å²) in [5.74, 6) is 0. The van der Waals surface area contributed by atoms with Crippen molar-refractivity contribution in [3.63, 3.8) is 0 Å². The molecule has 0 bridgehead atoms. The Kier molecular flexibility index (Phi) is 3.34. The van der Waals surface area contributed by atoms with Gasteiger partial charge in [-0.15, -0.1) is 0 Å². The molecular weight excluding hydrogens is 176 g/mol. The number of halogens is 1. The standard InChI is InChI=1S/C8H13Br/c9-8-6-4-2-1-3-5-7-8/h2,4,8H,1,3,5-7H2/b4-2-. The van der Waals surface area contributed by atoms with Crippen molar-refractivity contribution in [2.75, 3.05) is 0 Å². The Morgan fingerprint density at radius 2 is 2.11 bits per heavy atom. The number of rotatable bonds is 0. The summed E-state index contributed by atoms with van der Waals surface area (Å²) in [6, 6.07) is 0. The van der Waals surface area contributed by atoms with Gasteiger partial charge in [0.05, 0.1) is 0 Å². The zero-order valence-corrected chi connectivity index (χ0v) is 7.23. The Morgan fingerprint density at radius 1 is 1.22 bits per heavy atom. The minimum Gasteiger partial charge on any atom is -0.0887 e. The number of hydrogen-bond acceptors (Lipinski definition) is 0. The van der Waals surface area contributed by atoms with Gasteiger partial charge in [-0.3, -0.25) is 0 Å². The molecule has 0 radical (unpaired) electrons. The van der Waals surface area contributed by atoms with Crippen molar-refractivity contribution >= 4 is 15.9 Å². The minimum absolute atomic E-state index is 0.744. The Labute approximate surface area is 65.5 Å². The maximum absolute atomic E-state index is 3.62. The summed E-state index contributed by atoms with van der Waals surface area (Å²) in [4.78, 5) is 0.744. The van der Waals surface area contributed by atoms with Gasteiger partial charge in [-0.2, -0.15) is 0 Å². The molecule has 0 amide bonds. The predicted molar refractivity (Wildman–Crippen MR) is 44.9 cm³/mol. The molecule has 0 spiro atoms. The van der Waals surface area contributed by atoms with E-state index < -0.39 is 0 Å². The van der Waals surface area contributed by atoms with Crippen LogP contribution < -0.4 is 0 Å². The highest BCUT2D eigenvalue weighted by Crippen LogP contribution is 2.17. The van der Waals surface area contributed by atoms with Crippen LogP contribution in [0, 0.1) is 0 Å². The molecule has 0 N–H and O–H groups in total. The fourth-order valence-electron chi connectivity index (χ4n) is 1.11. The average Bonchev–Trinajstić information content (AvgIpc) is 1.79. The highest BCUT2D eigenvalue weighted by molar-refractivity contribution is 9.09. The van der Waals surface area contributed by atoms with Gasteiger partial charge in [-0.1, -0.05) is 34.5 Å². The zero-order valence-electron chi connectivity index (χ0n) is 5.65. The molecule has 0 aromatic carbocycles. The molecule has 0 aromatic rings. The van der Waals surface area contributed by atoms with Crippen LogP contribution in [0.5, 0.6) is 0 Å². The molecule has 0 saturated carbocycles. The van der Waals surface area contributed by atoms with Crippen molar-refractivity contribution in [3.8, 4) is 0 Å². The maximum Gasteiger partial charge on any atom is 0.0180 e. The van der Waals surface area contributed by atoms with Gasteiger partial charge in [0.1, 0.15) is 0 Å². The lowest BCUT2D eigenvalue weighted by Gasteiger charge is -2.08. The summed E-state index contributed by atoms with van der Waals surface area (Å²) in [5.41, 5.74) is 0. The van der Waals surface area contributed by atoms with Crippen LogP contribution in [0.15, 0.2) is 12.2 Å². The van der Waals surface area contributed by atoms with Crippen molar-refractivity contribution in [2.24, 2.45) is 0 Å². The van der Waals surface area contributed by atoms with Crippen molar-refractivity contribution in [2.45, 2.75) is 36.9 Å². The van der Waals surface area contributed by atoms with Gasteiger partial charge >= 0.3 is 0 Å². The average molecular weight is 189 g/mol. The first-order valence-electron chi connectivity index (χ1n) is 3.68. The Balaban J connectivity index is 2.28. The van der Waals surface area contributed by atoms with Crippen LogP contribution in [-0.4, -0.2) is 4.83 Å². The number of alkyl halides is 1. The van der Waals surface area contributed by atoms with E-state index in [1.807, 2.05) is 0 Å². The van der Waals surface area contributed by atoms with Crippen LogP contribution in [0.1, 0.15) is 32.1 Å². The predicted octanol–water partition coefficient (Wildman–Crippen LogP) is 3.27. The molecule has 1 aliphatic carbocycles. The summed E-state index contributed by atoms with van der Waals surface area (Å²) < 4.78 is 0. The monoisotopic (exact) mass is 188 g/mol. The third kappa shape index (κ3) is 3.04. The topological polar surface area (TPSA) is 0 Å². The molecule has 9 heavy (non-hydrogen) atoms. The zero-order chi connectivity index (χ0) is 6.53. The summed E-state index contributed by atoms with van der Waals surface area (Å²) in [6.07, 6.45) is 11.2. The quantitative estimate of drug-likeness (QED) is 0.405. The van der Waals surface area contributed by atoms with Crippen LogP contribution in [0.3, 0.4) is 0 Å². The lowest BCUT2D eigenvalue weighted by molar-refractivity contribution is 0.655. The van der Waals surface area contributed by atoms with E-state index in [0.717, 1.165) is 4.83 Å². The second kappa shape index (κ2) is 4.10. The van der Waals surface area contributed by atoms with Gasteiger partial charge in [0.25, 0.3) is 0 Å². The lowest BCUT2D eigenvalue weighted by Crippen LogP contribution is -1.96. The van der Waals surface area contributed by atoms with Crippen molar-refractivity contribution in [1.82, 2.24) is 0 Å². The molecule has 0 heterocycles. The highest BCUT2D eigenvalue weighted by atomic mass is 79.9. The molecule has 1 rings (SSSR count). The molecule has 0 aliphatic heterocycles. The Bertz CT molecular complexity index is 96.7. The van der Waals surface area contributed by atoms with Gasteiger partial charge < -0.3 is 0 Å². The van der Waals surface area contributed by atoms with Gasteiger partial charge in [-0.25, -0.2) is 0 Å². The van der Waals surface area contributed by atoms with E-state index in [0.29, 0.717) is 0 Å². The van der Waals surface area contributed by atoms with Gasteiger partial charge in [-0.05, 0) is 25.7 Å². The number of allylic oxidation sites excluding steroid dienone is 2. The van der Waals surface area contributed by atoms with Crippen molar-refractivity contribution < 1.29 is 0 Å².